The fourth-order valence-corrected chi connectivity index (χ4v) is 2.29. The molecule has 2 N–H and O–H groups in total. The van der Waals surface area contributed by atoms with Crippen LogP contribution in [0.25, 0.3) is 0 Å². The Bertz CT molecular complexity index is 611. The lowest BCUT2D eigenvalue weighted by atomic mass is 10.1. The fourth-order valence-electron chi connectivity index (χ4n) is 1.93. The van der Waals surface area contributed by atoms with E-state index in [0.717, 1.165) is 22.6 Å². The summed E-state index contributed by atoms with van der Waals surface area (Å²) in [6, 6.07) is 11.4. The van der Waals surface area contributed by atoms with Crippen LogP contribution in [0.5, 0.6) is 11.5 Å². The molecule has 2 rings (SSSR count). The van der Waals surface area contributed by atoms with Gasteiger partial charge in [0.05, 0.1) is 5.02 Å². The van der Waals surface area contributed by atoms with Gasteiger partial charge in [-0.3, -0.25) is 0 Å². The highest BCUT2D eigenvalue weighted by Crippen LogP contribution is 2.31. The Balaban J connectivity index is 2.19. The molecular weight excluding hydrogens is 293 g/mol. The highest BCUT2D eigenvalue weighted by molar-refractivity contribution is 6.32. The fraction of sp³-hybridized carbons (Fsp3) is 0.250. The number of ether oxygens (including phenoxy) is 1. The van der Waals surface area contributed by atoms with Crippen molar-refractivity contribution in [2.45, 2.75) is 26.3 Å². The molecule has 0 aliphatic heterocycles. The highest BCUT2D eigenvalue weighted by Gasteiger charge is 2.07. The second-order valence-corrected chi connectivity index (χ2v) is 5.77. The maximum Gasteiger partial charge on any atom is 0.146 e. The molecule has 2 aromatic carbocycles. The van der Waals surface area contributed by atoms with E-state index in [4.69, 9.17) is 33.7 Å². The molecule has 0 amide bonds. The Kier molecular flexibility index (Phi) is 4.92. The van der Waals surface area contributed by atoms with Crippen LogP contribution in [-0.4, -0.2) is 6.04 Å². The lowest BCUT2D eigenvalue weighted by Crippen LogP contribution is -2.17. The third-order valence-corrected chi connectivity index (χ3v) is 3.63. The van der Waals surface area contributed by atoms with Gasteiger partial charge in [0, 0.05) is 11.1 Å². The molecule has 1 unspecified atom stereocenters. The number of hydrogen-bond donors (Lipinski definition) is 1. The number of halogens is 2. The lowest BCUT2D eigenvalue weighted by molar-refractivity contribution is 0.482. The topological polar surface area (TPSA) is 35.2 Å². The molecule has 1 atom stereocenters. The molecule has 0 saturated heterocycles. The molecular formula is C16H17Cl2NO. The molecule has 0 aromatic heterocycles. The lowest BCUT2D eigenvalue weighted by Gasteiger charge is -2.11. The third kappa shape index (κ3) is 3.89. The quantitative estimate of drug-likeness (QED) is 0.864. The van der Waals surface area contributed by atoms with E-state index in [-0.39, 0.29) is 6.04 Å². The minimum Gasteiger partial charge on any atom is -0.456 e. The summed E-state index contributed by atoms with van der Waals surface area (Å²) < 4.78 is 5.78. The molecule has 0 heterocycles. The van der Waals surface area contributed by atoms with Crippen LogP contribution >= 0.6 is 23.2 Å². The third-order valence-electron chi connectivity index (χ3n) is 2.91. The van der Waals surface area contributed by atoms with Crippen molar-refractivity contribution in [3.8, 4) is 11.5 Å². The zero-order chi connectivity index (χ0) is 14.7. The van der Waals surface area contributed by atoms with Gasteiger partial charge in [0.1, 0.15) is 11.5 Å². The molecule has 0 aliphatic carbocycles. The summed E-state index contributed by atoms with van der Waals surface area (Å²) >= 11 is 12.2. The predicted octanol–water partition coefficient (Wildman–Crippen LogP) is 4.98. The normalized spacial score (nSPS) is 12.2. The first-order valence-electron chi connectivity index (χ1n) is 6.43. The van der Waals surface area contributed by atoms with Crippen molar-refractivity contribution >= 4 is 23.2 Å². The molecule has 0 fully saturated rings. The summed E-state index contributed by atoms with van der Waals surface area (Å²) in [6.45, 7) is 3.90. The zero-order valence-corrected chi connectivity index (χ0v) is 13.0. The van der Waals surface area contributed by atoms with Crippen LogP contribution in [0.15, 0.2) is 36.4 Å². The van der Waals surface area contributed by atoms with Gasteiger partial charge in [-0.15, -0.1) is 0 Å². The smallest absolute Gasteiger partial charge is 0.146 e. The SMILES string of the molecule is Cc1cc(Oc2ccc(CC(C)N)cc2Cl)ccc1Cl. The number of rotatable bonds is 4. The van der Waals surface area contributed by atoms with Gasteiger partial charge in [-0.1, -0.05) is 29.3 Å². The maximum absolute atomic E-state index is 6.24. The molecule has 2 nitrogen and oxygen atoms in total. The van der Waals surface area contributed by atoms with E-state index in [9.17, 15) is 0 Å². The number of benzene rings is 2. The first-order valence-corrected chi connectivity index (χ1v) is 7.19. The van der Waals surface area contributed by atoms with Crippen molar-refractivity contribution in [2.75, 3.05) is 0 Å². The van der Waals surface area contributed by atoms with Crippen LogP contribution in [0.4, 0.5) is 0 Å². The molecule has 0 spiro atoms. The standard InChI is InChI=1S/C16H17Cl2NO/c1-10-7-13(4-5-14(10)17)20-16-6-3-12(8-11(2)19)9-15(16)18/h3-7,9,11H,8,19H2,1-2H3. The van der Waals surface area contributed by atoms with Gasteiger partial charge in [-0.2, -0.15) is 0 Å². The van der Waals surface area contributed by atoms with E-state index < -0.39 is 0 Å². The van der Waals surface area contributed by atoms with E-state index in [2.05, 4.69) is 0 Å². The van der Waals surface area contributed by atoms with Gasteiger partial charge in [0.2, 0.25) is 0 Å². The van der Waals surface area contributed by atoms with Gasteiger partial charge in [0.25, 0.3) is 0 Å². The first-order chi connectivity index (χ1) is 9.45. The van der Waals surface area contributed by atoms with E-state index in [1.807, 2.05) is 50.2 Å². The average Bonchev–Trinajstić information content (AvgIpc) is 2.36. The number of aryl methyl sites for hydroxylation is 1. The van der Waals surface area contributed by atoms with E-state index in [0.29, 0.717) is 16.5 Å². The summed E-state index contributed by atoms with van der Waals surface area (Å²) in [5.74, 6) is 1.34. The largest absolute Gasteiger partial charge is 0.456 e. The molecule has 0 bridgehead atoms. The number of hydrogen-bond acceptors (Lipinski definition) is 2. The van der Waals surface area contributed by atoms with Crippen molar-refractivity contribution in [3.05, 3.63) is 57.6 Å². The van der Waals surface area contributed by atoms with Gasteiger partial charge >= 0.3 is 0 Å². The number of nitrogens with two attached hydrogens (primary N) is 1. The molecule has 2 aromatic rings. The van der Waals surface area contributed by atoms with Gasteiger partial charge in [-0.25, -0.2) is 0 Å². The first kappa shape index (κ1) is 15.2. The van der Waals surface area contributed by atoms with Crippen LogP contribution < -0.4 is 10.5 Å². The predicted molar refractivity (Wildman–Crippen MR) is 85.1 cm³/mol. The summed E-state index contributed by atoms with van der Waals surface area (Å²) in [7, 11) is 0. The van der Waals surface area contributed by atoms with Crippen molar-refractivity contribution < 1.29 is 4.74 Å². The zero-order valence-electron chi connectivity index (χ0n) is 11.5. The van der Waals surface area contributed by atoms with Crippen molar-refractivity contribution in [1.29, 1.82) is 0 Å². The van der Waals surface area contributed by atoms with E-state index in [1.54, 1.807) is 0 Å². The Morgan fingerprint density at radius 2 is 1.85 bits per heavy atom. The average molecular weight is 310 g/mol. The maximum atomic E-state index is 6.24. The Morgan fingerprint density at radius 3 is 2.45 bits per heavy atom. The van der Waals surface area contributed by atoms with Crippen LogP contribution in [0.3, 0.4) is 0 Å². The van der Waals surface area contributed by atoms with Gasteiger partial charge in [-0.05, 0) is 61.7 Å². The highest BCUT2D eigenvalue weighted by atomic mass is 35.5. The Labute approximate surface area is 129 Å². The summed E-state index contributed by atoms with van der Waals surface area (Å²) in [4.78, 5) is 0. The molecule has 0 aliphatic rings. The van der Waals surface area contributed by atoms with Crippen molar-refractivity contribution in [3.63, 3.8) is 0 Å². The van der Waals surface area contributed by atoms with Crippen molar-refractivity contribution in [2.24, 2.45) is 5.73 Å². The van der Waals surface area contributed by atoms with Crippen LogP contribution in [0, 0.1) is 6.92 Å². The minimum atomic E-state index is 0.108. The summed E-state index contributed by atoms with van der Waals surface area (Å²) in [6.07, 6.45) is 0.792. The van der Waals surface area contributed by atoms with Crippen LogP contribution in [0.2, 0.25) is 10.0 Å². The summed E-state index contributed by atoms with van der Waals surface area (Å²) in [5.41, 5.74) is 7.85. The van der Waals surface area contributed by atoms with Crippen LogP contribution in [0.1, 0.15) is 18.1 Å². The van der Waals surface area contributed by atoms with Crippen LogP contribution in [-0.2, 0) is 6.42 Å². The van der Waals surface area contributed by atoms with Gasteiger partial charge in [0.15, 0.2) is 0 Å². The second kappa shape index (κ2) is 6.49. The Morgan fingerprint density at radius 1 is 1.10 bits per heavy atom. The second-order valence-electron chi connectivity index (χ2n) is 4.96. The molecule has 0 radical (unpaired) electrons. The van der Waals surface area contributed by atoms with Crippen molar-refractivity contribution in [1.82, 2.24) is 0 Å². The molecule has 106 valence electrons. The van der Waals surface area contributed by atoms with E-state index >= 15 is 0 Å². The Hall–Kier alpha value is -1.22. The molecule has 20 heavy (non-hydrogen) atoms. The van der Waals surface area contributed by atoms with E-state index in [1.165, 1.54) is 0 Å². The monoisotopic (exact) mass is 309 g/mol. The molecule has 0 saturated carbocycles. The van der Waals surface area contributed by atoms with Gasteiger partial charge < -0.3 is 10.5 Å². The molecule has 4 heteroatoms. The summed E-state index contributed by atoms with van der Waals surface area (Å²) in [5, 5.41) is 1.30. The minimum absolute atomic E-state index is 0.108.